The quantitative estimate of drug-likeness (QED) is 0.782. The summed E-state index contributed by atoms with van der Waals surface area (Å²) >= 11 is 0. The fraction of sp³-hybridized carbons (Fsp3) is 0.571. The predicted octanol–water partition coefficient (Wildman–Crippen LogP) is 2.85. The van der Waals surface area contributed by atoms with E-state index in [9.17, 15) is 14.4 Å². The molecule has 1 aromatic rings. The predicted molar refractivity (Wildman–Crippen MR) is 106 cm³/mol. The number of carbonyl (C=O) groups excluding carboxylic acids is 3. The van der Waals surface area contributed by atoms with Gasteiger partial charge in [-0.25, -0.2) is 0 Å². The van der Waals surface area contributed by atoms with Gasteiger partial charge in [0.05, 0.1) is 13.0 Å². The molecule has 7 heteroatoms. The minimum Gasteiger partial charge on any atom is -0.497 e. The van der Waals surface area contributed by atoms with E-state index in [1.54, 1.807) is 43.2 Å². The summed E-state index contributed by atoms with van der Waals surface area (Å²) < 4.78 is 10.4. The summed E-state index contributed by atoms with van der Waals surface area (Å²) in [5, 5.41) is 2.72. The van der Waals surface area contributed by atoms with Gasteiger partial charge >= 0.3 is 5.97 Å². The second-order valence-corrected chi connectivity index (χ2v) is 8.11. The van der Waals surface area contributed by atoms with Crippen molar-refractivity contribution in [2.75, 3.05) is 25.5 Å². The first-order valence-corrected chi connectivity index (χ1v) is 9.56. The number of nitrogens with zero attached hydrogens (tertiary/aromatic N) is 1. The lowest BCUT2D eigenvalue weighted by Gasteiger charge is -2.35. The average molecular weight is 390 g/mol. The summed E-state index contributed by atoms with van der Waals surface area (Å²) in [6.45, 7) is 8.27. The van der Waals surface area contributed by atoms with Crippen LogP contribution >= 0.6 is 0 Å². The Labute approximate surface area is 166 Å². The molecule has 0 spiro atoms. The molecule has 2 rings (SSSR count). The lowest BCUT2D eigenvalue weighted by atomic mass is 9.91. The van der Waals surface area contributed by atoms with Crippen LogP contribution in [0.3, 0.4) is 0 Å². The Balaban J connectivity index is 1.82. The van der Waals surface area contributed by atoms with E-state index in [1.807, 2.05) is 20.8 Å². The molecule has 0 aliphatic carbocycles. The first-order chi connectivity index (χ1) is 13.1. The van der Waals surface area contributed by atoms with Crippen molar-refractivity contribution in [3.8, 4) is 5.75 Å². The van der Waals surface area contributed by atoms with Crippen LogP contribution in [0.4, 0.5) is 5.69 Å². The second kappa shape index (κ2) is 9.08. The summed E-state index contributed by atoms with van der Waals surface area (Å²) in [5.41, 5.74) is 0.171. The number of piperidine rings is 1. The Morgan fingerprint density at radius 1 is 1.11 bits per heavy atom. The number of amides is 2. The number of likely N-dealkylation sites (tertiary alicyclic amines) is 1. The van der Waals surface area contributed by atoms with Crippen LogP contribution in [0.5, 0.6) is 5.75 Å². The molecular weight excluding hydrogens is 360 g/mol. The van der Waals surface area contributed by atoms with Gasteiger partial charge in [-0.05, 0) is 44.0 Å². The number of methoxy groups -OCH3 is 1. The molecule has 1 heterocycles. The van der Waals surface area contributed by atoms with Crippen LogP contribution in [0.15, 0.2) is 24.3 Å². The van der Waals surface area contributed by atoms with Crippen LogP contribution in [0.1, 0.15) is 40.5 Å². The van der Waals surface area contributed by atoms with Gasteiger partial charge in [0.15, 0.2) is 6.10 Å². The van der Waals surface area contributed by atoms with Crippen molar-refractivity contribution in [3.63, 3.8) is 0 Å². The molecule has 1 unspecified atom stereocenters. The number of rotatable bonds is 5. The van der Waals surface area contributed by atoms with E-state index < -0.39 is 11.5 Å². The Kier molecular flexibility index (Phi) is 7.05. The van der Waals surface area contributed by atoms with E-state index in [4.69, 9.17) is 9.47 Å². The minimum atomic E-state index is -0.899. The van der Waals surface area contributed by atoms with Gasteiger partial charge in [-0.2, -0.15) is 0 Å². The van der Waals surface area contributed by atoms with Crippen molar-refractivity contribution in [2.24, 2.45) is 11.3 Å². The van der Waals surface area contributed by atoms with Crippen LogP contribution in [-0.4, -0.2) is 49.0 Å². The summed E-state index contributed by atoms with van der Waals surface area (Å²) in [6.07, 6.45) is 0.199. The topological polar surface area (TPSA) is 84.9 Å². The number of carbonyl (C=O) groups is 3. The fourth-order valence-electron chi connectivity index (χ4n) is 3.03. The summed E-state index contributed by atoms with van der Waals surface area (Å²) in [5.74, 6) is -0.292. The number of benzene rings is 1. The van der Waals surface area contributed by atoms with Gasteiger partial charge in [-0.3, -0.25) is 14.4 Å². The normalized spacial score (nSPS) is 16.2. The molecule has 7 nitrogen and oxygen atoms in total. The average Bonchev–Trinajstić information content (AvgIpc) is 2.67. The maximum Gasteiger partial charge on any atom is 0.309 e. The van der Waals surface area contributed by atoms with Gasteiger partial charge in [0.2, 0.25) is 5.91 Å². The zero-order chi connectivity index (χ0) is 20.9. The number of ether oxygens (including phenoxy) is 2. The number of nitrogens with one attached hydrogen (secondary N) is 1. The van der Waals surface area contributed by atoms with Crippen LogP contribution < -0.4 is 10.1 Å². The van der Waals surface area contributed by atoms with Crippen molar-refractivity contribution < 1.29 is 23.9 Å². The molecule has 1 N–H and O–H groups in total. The lowest BCUT2D eigenvalue weighted by Crippen LogP contribution is -2.45. The maximum atomic E-state index is 12.4. The molecule has 0 saturated carbocycles. The molecule has 1 aliphatic heterocycles. The third kappa shape index (κ3) is 5.71. The molecule has 1 atom stereocenters. The zero-order valence-electron chi connectivity index (χ0n) is 17.3. The highest BCUT2D eigenvalue weighted by Crippen LogP contribution is 2.24. The highest BCUT2D eigenvalue weighted by molar-refractivity contribution is 5.95. The number of hydrogen-bond acceptors (Lipinski definition) is 5. The minimum absolute atomic E-state index is 0.0894. The highest BCUT2D eigenvalue weighted by atomic mass is 16.5. The Morgan fingerprint density at radius 2 is 1.68 bits per heavy atom. The van der Waals surface area contributed by atoms with Crippen molar-refractivity contribution in [1.82, 2.24) is 4.90 Å². The summed E-state index contributed by atoms with van der Waals surface area (Å²) in [7, 11) is 1.57. The first kappa shape index (κ1) is 21.7. The third-order valence-electron chi connectivity index (χ3n) is 4.78. The van der Waals surface area contributed by atoms with E-state index in [0.717, 1.165) is 0 Å². The Bertz CT molecular complexity index is 701. The molecule has 154 valence electrons. The van der Waals surface area contributed by atoms with Crippen molar-refractivity contribution in [1.29, 1.82) is 0 Å². The number of hydrogen-bond donors (Lipinski definition) is 1. The van der Waals surface area contributed by atoms with E-state index in [0.29, 0.717) is 37.4 Å². The van der Waals surface area contributed by atoms with Crippen molar-refractivity contribution in [2.45, 2.75) is 46.6 Å². The molecule has 28 heavy (non-hydrogen) atoms. The van der Waals surface area contributed by atoms with Gasteiger partial charge in [0.1, 0.15) is 5.75 Å². The lowest BCUT2D eigenvalue weighted by molar-refractivity contribution is -0.160. The van der Waals surface area contributed by atoms with E-state index in [1.165, 1.54) is 0 Å². The second-order valence-electron chi connectivity index (χ2n) is 8.11. The SMILES string of the molecule is COc1ccc(NC(=O)C(C)OC(=O)C2CCN(C(=O)C(C)(C)C)CC2)cc1. The van der Waals surface area contributed by atoms with Gasteiger partial charge in [-0.15, -0.1) is 0 Å². The van der Waals surface area contributed by atoms with Crippen molar-refractivity contribution in [3.05, 3.63) is 24.3 Å². The molecule has 1 aliphatic rings. The maximum absolute atomic E-state index is 12.4. The van der Waals surface area contributed by atoms with E-state index in [-0.39, 0.29) is 23.7 Å². The molecule has 0 bridgehead atoms. The number of esters is 1. The van der Waals surface area contributed by atoms with Crippen LogP contribution in [0.25, 0.3) is 0 Å². The molecule has 1 saturated heterocycles. The van der Waals surface area contributed by atoms with Gasteiger partial charge < -0.3 is 19.7 Å². The van der Waals surface area contributed by atoms with Gasteiger partial charge in [0.25, 0.3) is 5.91 Å². The highest BCUT2D eigenvalue weighted by Gasteiger charge is 2.33. The molecule has 1 fully saturated rings. The Morgan fingerprint density at radius 3 is 2.18 bits per heavy atom. The van der Waals surface area contributed by atoms with Crippen LogP contribution in [0, 0.1) is 11.3 Å². The Hall–Kier alpha value is -2.57. The van der Waals surface area contributed by atoms with Gasteiger partial charge in [0, 0.05) is 24.2 Å². The molecule has 0 radical (unpaired) electrons. The molecule has 0 aromatic heterocycles. The van der Waals surface area contributed by atoms with Crippen molar-refractivity contribution >= 4 is 23.5 Å². The monoisotopic (exact) mass is 390 g/mol. The van der Waals surface area contributed by atoms with E-state index >= 15 is 0 Å². The first-order valence-electron chi connectivity index (χ1n) is 9.56. The summed E-state index contributed by atoms with van der Waals surface area (Å²) in [6, 6.07) is 6.90. The van der Waals surface area contributed by atoms with Gasteiger partial charge in [-0.1, -0.05) is 20.8 Å². The van der Waals surface area contributed by atoms with E-state index in [2.05, 4.69) is 5.32 Å². The smallest absolute Gasteiger partial charge is 0.309 e. The van der Waals surface area contributed by atoms with Crippen LogP contribution in [0.2, 0.25) is 0 Å². The molecule has 2 amide bonds. The van der Waals surface area contributed by atoms with Crippen LogP contribution in [-0.2, 0) is 19.1 Å². The largest absolute Gasteiger partial charge is 0.497 e. The number of anilines is 1. The zero-order valence-corrected chi connectivity index (χ0v) is 17.3. The standard InChI is InChI=1S/C21H30N2O5/c1-14(18(24)22-16-6-8-17(27-5)9-7-16)28-19(25)15-10-12-23(13-11-15)20(26)21(2,3)4/h6-9,14-15H,10-13H2,1-5H3,(H,22,24). The molecule has 1 aromatic carbocycles. The fourth-order valence-corrected chi connectivity index (χ4v) is 3.03. The summed E-state index contributed by atoms with van der Waals surface area (Å²) in [4.78, 5) is 38.8. The molecular formula is C21H30N2O5. The third-order valence-corrected chi connectivity index (χ3v) is 4.78.